The SMILES string of the molecule is Cc1ccc2c(c1Sc1ccncc1)C(=O)NCN2. The standard InChI is InChI=1S/C14H13N3OS/c1-9-2-3-11-12(14(18)17-8-16-11)13(9)19-10-4-6-15-7-5-10/h2-7,16H,8H2,1H3,(H,17,18). The second-order valence-electron chi connectivity index (χ2n) is 4.28. The first-order chi connectivity index (χ1) is 9.25. The van der Waals surface area contributed by atoms with E-state index in [4.69, 9.17) is 0 Å². The Hall–Kier alpha value is -2.01. The molecule has 0 spiro atoms. The van der Waals surface area contributed by atoms with Crippen LogP contribution >= 0.6 is 11.8 Å². The maximum atomic E-state index is 12.1. The van der Waals surface area contributed by atoms with Gasteiger partial charge in [-0.15, -0.1) is 0 Å². The van der Waals surface area contributed by atoms with Gasteiger partial charge in [-0.1, -0.05) is 17.8 Å². The number of pyridine rings is 1. The van der Waals surface area contributed by atoms with Crippen molar-refractivity contribution >= 4 is 23.4 Å². The first kappa shape index (κ1) is 12.0. The fraction of sp³-hybridized carbons (Fsp3) is 0.143. The van der Waals surface area contributed by atoms with Gasteiger partial charge in [-0.2, -0.15) is 0 Å². The van der Waals surface area contributed by atoms with Gasteiger partial charge in [-0.05, 0) is 30.7 Å². The van der Waals surface area contributed by atoms with Crippen LogP contribution in [-0.2, 0) is 0 Å². The molecule has 0 saturated heterocycles. The fourth-order valence-electron chi connectivity index (χ4n) is 2.02. The number of hydrogen-bond donors (Lipinski definition) is 2. The number of carbonyl (C=O) groups excluding carboxylic acids is 1. The van der Waals surface area contributed by atoms with Crippen LogP contribution in [0.25, 0.3) is 0 Å². The molecule has 2 N–H and O–H groups in total. The number of hydrogen-bond acceptors (Lipinski definition) is 4. The monoisotopic (exact) mass is 271 g/mol. The van der Waals surface area contributed by atoms with Crippen molar-refractivity contribution in [3.63, 3.8) is 0 Å². The molecule has 0 atom stereocenters. The summed E-state index contributed by atoms with van der Waals surface area (Å²) < 4.78 is 0. The third-order valence-corrected chi connectivity index (χ3v) is 4.22. The molecule has 0 radical (unpaired) electrons. The lowest BCUT2D eigenvalue weighted by Gasteiger charge is -2.22. The fourth-order valence-corrected chi connectivity index (χ4v) is 3.05. The van der Waals surface area contributed by atoms with Crippen molar-refractivity contribution in [2.24, 2.45) is 0 Å². The van der Waals surface area contributed by atoms with Crippen molar-refractivity contribution in [2.45, 2.75) is 16.7 Å². The number of rotatable bonds is 2. The average Bonchev–Trinajstić information content (AvgIpc) is 2.43. The van der Waals surface area contributed by atoms with Crippen molar-refractivity contribution in [3.05, 3.63) is 47.8 Å². The highest BCUT2D eigenvalue weighted by molar-refractivity contribution is 7.99. The summed E-state index contributed by atoms with van der Waals surface area (Å²) in [5, 5.41) is 6.00. The van der Waals surface area contributed by atoms with Crippen LogP contribution in [0.3, 0.4) is 0 Å². The Kier molecular flexibility index (Phi) is 3.13. The van der Waals surface area contributed by atoms with Crippen molar-refractivity contribution in [1.29, 1.82) is 0 Å². The number of amides is 1. The lowest BCUT2D eigenvalue weighted by molar-refractivity contribution is 0.0949. The lowest BCUT2D eigenvalue weighted by atomic mass is 10.1. The van der Waals surface area contributed by atoms with E-state index in [1.54, 1.807) is 24.2 Å². The highest BCUT2D eigenvalue weighted by atomic mass is 32.2. The van der Waals surface area contributed by atoms with Gasteiger partial charge < -0.3 is 10.6 Å². The minimum atomic E-state index is -0.0194. The first-order valence-corrected chi connectivity index (χ1v) is 6.81. The Balaban J connectivity index is 2.07. The van der Waals surface area contributed by atoms with Gasteiger partial charge >= 0.3 is 0 Å². The van der Waals surface area contributed by atoms with Gasteiger partial charge in [-0.3, -0.25) is 9.78 Å². The number of carbonyl (C=O) groups is 1. The van der Waals surface area contributed by atoms with Gasteiger partial charge in [0, 0.05) is 27.9 Å². The van der Waals surface area contributed by atoms with Crippen LogP contribution in [0.15, 0.2) is 46.5 Å². The summed E-state index contributed by atoms with van der Waals surface area (Å²) in [4.78, 5) is 18.1. The first-order valence-electron chi connectivity index (χ1n) is 5.99. The van der Waals surface area contributed by atoms with Crippen molar-refractivity contribution in [3.8, 4) is 0 Å². The molecule has 0 aliphatic carbocycles. The summed E-state index contributed by atoms with van der Waals surface area (Å²) in [6.45, 7) is 2.50. The molecule has 0 unspecified atom stereocenters. The Morgan fingerprint density at radius 1 is 1.16 bits per heavy atom. The van der Waals surface area contributed by atoms with E-state index in [-0.39, 0.29) is 5.91 Å². The van der Waals surface area contributed by atoms with Gasteiger partial charge in [0.2, 0.25) is 0 Å². The molecule has 2 aromatic rings. The molecule has 5 heteroatoms. The lowest BCUT2D eigenvalue weighted by Crippen LogP contribution is -2.35. The summed E-state index contributed by atoms with van der Waals surface area (Å²) in [5.41, 5.74) is 2.72. The van der Waals surface area contributed by atoms with Crippen LogP contribution < -0.4 is 10.6 Å². The number of fused-ring (bicyclic) bond motifs is 1. The van der Waals surface area contributed by atoms with Crippen LogP contribution in [0, 0.1) is 6.92 Å². The number of aryl methyl sites for hydroxylation is 1. The Morgan fingerprint density at radius 3 is 2.74 bits per heavy atom. The van der Waals surface area contributed by atoms with Gasteiger partial charge in [0.1, 0.15) is 0 Å². The molecule has 0 saturated carbocycles. The molecule has 1 aliphatic heterocycles. The molecule has 0 fully saturated rings. The summed E-state index contributed by atoms with van der Waals surface area (Å²) in [5.74, 6) is -0.0194. The predicted octanol–water partition coefficient (Wildman–Crippen LogP) is 2.65. The van der Waals surface area contributed by atoms with Gasteiger partial charge in [0.15, 0.2) is 0 Å². The maximum absolute atomic E-state index is 12.1. The number of benzene rings is 1. The molecule has 96 valence electrons. The van der Waals surface area contributed by atoms with E-state index in [0.29, 0.717) is 6.67 Å². The second-order valence-corrected chi connectivity index (χ2v) is 5.36. The van der Waals surface area contributed by atoms with E-state index >= 15 is 0 Å². The highest BCUT2D eigenvalue weighted by Gasteiger charge is 2.22. The average molecular weight is 271 g/mol. The minimum Gasteiger partial charge on any atom is -0.367 e. The van der Waals surface area contributed by atoms with Crippen LogP contribution in [0.2, 0.25) is 0 Å². The van der Waals surface area contributed by atoms with Crippen LogP contribution in [0.5, 0.6) is 0 Å². The molecule has 1 aromatic carbocycles. The Morgan fingerprint density at radius 2 is 1.95 bits per heavy atom. The molecule has 0 bridgehead atoms. The quantitative estimate of drug-likeness (QED) is 0.881. The highest BCUT2D eigenvalue weighted by Crippen LogP contribution is 2.37. The van der Waals surface area contributed by atoms with Gasteiger partial charge in [0.25, 0.3) is 5.91 Å². The largest absolute Gasteiger partial charge is 0.367 e. The zero-order chi connectivity index (χ0) is 13.2. The molecule has 3 rings (SSSR count). The summed E-state index contributed by atoms with van der Waals surface area (Å²) >= 11 is 1.59. The predicted molar refractivity (Wildman–Crippen MR) is 75.5 cm³/mol. The summed E-state index contributed by atoms with van der Waals surface area (Å²) in [7, 11) is 0. The molecule has 19 heavy (non-hydrogen) atoms. The van der Waals surface area contributed by atoms with E-state index in [9.17, 15) is 4.79 Å². The molecule has 2 heterocycles. The minimum absolute atomic E-state index is 0.0194. The maximum Gasteiger partial charge on any atom is 0.255 e. The van der Waals surface area contributed by atoms with Gasteiger partial charge in [-0.25, -0.2) is 0 Å². The normalized spacial score (nSPS) is 13.4. The van der Waals surface area contributed by atoms with Crippen molar-refractivity contribution in [2.75, 3.05) is 12.0 Å². The third kappa shape index (κ3) is 2.29. The third-order valence-electron chi connectivity index (χ3n) is 2.98. The van der Waals surface area contributed by atoms with Crippen molar-refractivity contribution in [1.82, 2.24) is 10.3 Å². The van der Waals surface area contributed by atoms with E-state index in [1.807, 2.05) is 31.2 Å². The zero-order valence-corrected chi connectivity index (χ0v) is 11.3. The van der Waals surface area contributed by atoms with E-state index in [1.165, 1.54) is 0 Å². The van der Waals surface area contributed by atoms with Gasteiger partial charge in [0.05, 0.1) is 12.2 Å². The van der Waals surface area contributed by atoms with Crippen LogP contribution in [0.4, 0.5) is 5.69 Å². The molecule has 1 amide bonds. The number of aromatic nitrogens is 1. The van der Waals surface area contributed by atoms with E-state index in [2.05, 4.69) is 15.6 Å². The molecule has 1 aromatic heterocycles. The van der Waals surface area contributed by atoms with Crippen molar-refractivity contribution < 1.29 is 4.79 Å². The van der Waals surface area contributed by atoms with E-state index in [0.717, 1.165) is 26.6 Å². The summed E-state index contributed by atoms with van der Waals surface area (Å²) in [6, 6.07) is 7.88. The van der Waals surface area contributed by atoms with Crippen LogP contribution in [-0.4, -0.2) is 17.6 Å². The topological polar surface area (TPSA) is 54.0 Å². The molecule has 4 nitrogen and oxygen atoms in total. The van der Waals surface area contributed by atoms with E-state index < -0.39 is 0 Å². The number of anilines is 1. The smallest absolute Gasteiger partial charge is 0.255 e. The van der Waals surface area contributed by atoms with Crippen LogP contribution in [0.1, 0.15) is 15.9 Å². The molecule has 1 aliphatic rings. The summed E-state index contributed by atoms with van der Waals surface area (Å²) in [6.07, 6.45) is 3.51. The number of nitrogens with zero attached hydrogens (tertiary/aromatic N) is 1. The Labute approximate surface area is 115 Å². The second kappa shape index (κ2) is 4.93. The zero-order valence-electron chi connectivity index (χ0n) is 10.4. The Bertz CT molecular complexity index is 628. The number of nitrogens with one attached hydrogen (secondary N) is 2. The molecular formula is C14H13N3OS. The molecular weight excluding hydrogens is 258 g/mol.